The summed E-state index contributed by atoms with van der Waals surface area (Å²) in [6.07, 6.45) is 1.86. The molecule has 3 rings (SSSR count). The number of rotatable bonds is 4. The summed E-state index contributed by atoms with van der Waals surface area (Å²) in [6.45, 7) is 5.21. The van der Waals surface area contributed by atoms with Crippen LogP contribution in [0, 0.1) is 0 Å². The minimum Gasteiger partial charge on any atom is -0.342 e. The first-order valence-electron chi connectivity index (χ1n) is 8.36. The molecule has 2 aromatic rings. The lowest BCUT2D eigenvalue weighted by Gasteiger charge is -2.23. The van der Waals surface area contributed by atoms with Crippen LogP contribution in [-0.2, 0) is 4.79 Å². The van der Waals surface area contributed by atoms with Crippen molar-refractivity contribution in [1.82, 2.24) is 4.90 Å². The van der Waals surface area contributed by atoms with Gasteiger partial charge in [-0.15, -0.1) is 0 Å². The molecule has 0 aliphatic heterocycles. The number of carbonyl (C=O) groups excluding carboxylic acids is 2. The summed E-state index contributed by atoms with van der Waals surface area (Å²) in [6, 6.07) is 17.1. The molecule has 0 fully saturated rings. The van der Waals surface area contributed by atoms with E-state index in [1.807, 2.05) is 74.5 Å². The quantitative estimate of drug-likeness (QED) is 0.801. The fourth-order valence-corrected chi connectivity index (χ4v) is 3.27. The molecule has 0 radical (unpaired) electrons. The maximum absolute atomic E-state index is 13.0. The highest BCUT2D eigenvalue weighted by Crippen LogP contribution is 2.39. The van der Waals surface area contributed by atoms with Crippen molar-refractivity contribution in [3.63, 3.8) is 0 Å². The molecule has 1 aliphatic carbocycles. The zero-order chi connectivity index (χ0) is 17.1. The van der Waals surface area contributed by atoms with Gasteiger partial charge in [0.25, 0.3) is 0 Å². The third kappa shape index (κ3) is 2.78. The first-order valence-corrected chi connectivity index (χ1v) is 8.36. The molecule has 3 heteroatoms. The number of benzene rings is 2. The van der Waals surface area contributed by atoms with Gasteiger partial charge in [0.2, 0.25) is 5.91 Å². The van der Waals surface area contributed by atoms with E-state index in [1.54, 1.807) is 4.90 Å². The highest BCUT2D eigenvalue weighted by Gasteiger charge is 2.40. The van der Waals surface area contributed by atoms with E-state index in [4.69, 9.17) is 0 Å². The van der Waals surface area contributed by atoms with Gasteiger partial charge in [-0.1, -0.05) is 54.6 Å². The fraction of sp³-hybridized carbons (Fsp3) is 0.238. The Balaban J connectivity index is 2.11. The number of nitrogens with zero attached hydrogens (tertiary/aromatic N) is 1. The Hall–Kier alpha value is -2.68. The minimum atomic E-state index is -0.506. The molecule has 24 heavy (non-hydrogen) atoms. The molecular weight excluding hydrogens is 298 g/mol. The van der Waals surface area contributed by atoms with E-state index in [1.165, 1.54) is 0 Å². The zero-order valence-electron chi connectivity index (χ0n) is 14.0. The van der Waals surface area contributed by atoms with Gasteiger partial charge in [-0.05, 0) is 31.1 Å². The first-order chi connectivity index (χ1) is 11.7. The molecule has 0 N–H and O–H groups in total. The Bertz CT molecular complexity index is 788. The lowest BCUT2D eigenvalue weighted by molar-refractivity contribution is -0.131. The van der Waals surface area contributed by atoms with Gasteiger partial charge in [0.15, 0.2) is 5.78 Å². The summed E-state index contributed by atoms with van der Waals surface area (Å²) in [4.78, 5) is 27.7. The van der Waals surface area contributed by atoms with Crippen LogP contribution in [-0.4, -0.2) is 29.7 Å². The highest BCUT2D eigenvalue weighted by atomic mass is 16.2. The highest BCUT2D eigenvalue weighted by molar-refractivity contribution is 6.21. The van der Waals surface area contributed by atoms with E-state index >= 15 is 0 Å². The molecule has 0 bridgehead atoms. The van der Waals surface area contributed by atoms with Crippen molar-refractivity contribution in [2.45, 2.75) is 19.8 Å². The standard InChI is InChI=1S/C21H21NO2/c1-3-22(4-2)21(24)19-16-12-8-9-13-17(16)20(23)18(19)14-15-10-6-5-7-11-15/h5-14,19H,3-4H2,1-2H3/b18-14+. The average molecular weight is 319 g/mol. The fourth-order valence-electron chi connectivity index (χ4n) is 3.27. The summed E-state index contributed by atoms with van der Waals surface area (Å²) in [7, 11) is 0. The van der Waals surface area contributed by atoms with Gasteiger partial charge in [-0.3, -0.25) is 9.59 Å². The number of carbonyl (C=O) groups is 2. The van der Waals surface area contributed by atoms with Crippen LogP contribution in [0.1, 0.15) is 41.3 Å². The molecule has 0 aromatic heterocycles. The topological polar surface area (TPSA) is 37.4 Å². The number of hydrogen-bond acceptors (Lipinski definition) is 2. The molecule has 0 saturated carbocycles. The summed E-state index contributed by atoms with van der Waals surface area (Å²) >= 11 is 0. The SMILES string of the molecule is CCN(CC)C(=O)C1/C(=C\c2ccccc2)C(=O)c2ccccc21. The molecule has 122 valence electrons. The number of fused-ring (bicyclic) bond motifs is 1. The molecule has 3 nitrogen and oxygen atoms in total. The van der Waals surface area contributed by atoms with E-state index in [0.29, 0.717) is 24.2 Å². The van der Waals surface area contributed by atoms with Gasteiger partial charge >= 0.3 is 0 Å². The largest absolute Gasteiger partial charge is 0.342 e. The van der Waals surface area contributed by atoms with Crippen LogP contribution < -0.4 is 0 Å². The van der Waals surface area contributed by atoms with Crippen molar-refractivity contribution in [1.29, 1.82) is 0 Å². The van der Waals surface area contributed by atoms with Crippen molar-refractivity contribution in [3.05, 3.63) is 76.9 Å². The van der Waals surface area contributed by atoms with Crippen molar-refractivity contribution in [3.8, 4) is 0 Å². The molecule has 1 unspecified atom stereocenters. The number of Topliss-reactive ketones (excluding diaryl/α,β-unsaturated/α-hetero) is 1. The van der Waals surface area contributed by atoms with E-state index in [-0.39, 0.29) is 11.7 Å². The van der Waals surface area contributed by atoms with Crippen LogP contribution in [0.2, 0.25) is 0 Å². The summed E-state index contributed by atoms with van der Waals surface area (Å²) < 4.78 is 0. The molecule has 0 heterocycles. The van der Waals surface area contributed by atoms with Crippen molar-refractivity contribution in [2.75, 3.05) is 13.1 Å². The lowest BCUT2D eigenvalue weighted by Crippen LogP contribution is -2.35. The second kappa shape index (κ2) is 6.83. The Morgan fingerprint density at radius 2 is 1.62 bits per heavy atom. The number of amides is 1. The number of hydrogen-bond donors (Lipinski definition) is 0. The predicted octanol–water partition coefficient (Wildman–Crippen LogP) is 3.92. The molecule has 1 aliphatic rings. The van der Waals surface area contributed by atoms with Crippen LogP contribution >= 0.6 is 0 Å². The second-order valence-corrected chi connectivity index (χ2v) is 5.87. The summed E-state index contributed by atoms with van der Waals surface area (Å²) in [5.41, 5.74) is 2.97. The third-order valence-electron chi connectivity index (χ3n) is 4.53. The molecule has 0 spiro atoms. The molecular formula is C21H21NO2. The van der Waals surface area contributed by atoms with Gasteiger partial charge < -0.3 is 4.90 Å². The zero-order valence-corrected chi connectivity index (χ0v) is 14.0. The van der Waals surface area contributed by atoms with Gasteiger partial charge in [-0.25, -0.2) is 0 Å². The molecule has 1 amide bonds. The Labute approximate surface area is 142 Å². The van der Waals surface area contributed by atoms with Crippen LogP contribution in [0.5, 0.6) is 0 Å². The molecule has 0 saturated heterocycles. The van der Waals surface area contributed by atoms with E-state index < -0.39 is 5.92 Å². The minimum absolute atomic E-state index is 0.000445. The average Bonchev–Trinajstić information content (AvgIpc) is 2.89. The van der Waals surface area contributed by atoms with Gasteiger partial charge in [-0.2, -0.15) is 0 Å². The van der Waals surface area contributed by atoms with Crippen LogP contribution in [0.4, 0.5) is 0 Å². The van der Waals surface area contributed by atoms with E-state index in [0.717, 1.165) is 11.1 Å². The van der Waals surface area contributed by atoms with Crippen molar-refractivity contribution in [2.24, 2.45) is 0 Å². The number of ketones is 1. The molecule has 2 aromatic carbocycles. The van der Waals surface area contributed by atoms with Gasteiger partial charge in [0.05, 0.1) is 5.92 Å². The van der Waals surface area contributed by atoms with Gasteiger partial charge in [0, 0.05) is 24.2 Å². The smallest absolute Gasteiger partial charge is 0.234 e. The van der Waals surface area contributed by atoms with Crippen LogP contribution in [0.3, 0.4) is 0 Å². The number of likely N-dealkylation sites (N-methyl/N-ethyl adjacent to an activating group) is 1. The predicted molar refractivity (Wildman–Crippen MR) is 95.9 cm³/mol. The van der Waals surface area contributed by atoms with E-state index in [9.17, 15) is 9.59 Å². The Morgan fingerprint density at radius 3 is 2.29 bits per heavy atom. The van der Waals surface area contributed by atoms with Crippen molar-refractivity contribution >= 4 is 17.8 Å². The monoisotopic (exact) mass is 319 g/mol. The maximum Gasteiger partial charge on any atom is 0.234 e. The lowest BCUT2D eigenvalue weighted by atomic mass is 9.94. The maximum atomic E-state index is 13.0. The molecule has 1 atom stereocenters. The summed E-state index contributed by atoms with van der Waals surface area (Å²) in [5, 5.41) is 0. The Morgan fingerprint density at radius 1 is 1.00 bits per heavy atom. The van der Waals surface area contributed by atoms with Gasteiger partial charge in [0.1, 0.15) is 0 Å². The first kappa shape index (κ1) is 16.2. The normalized spacial score (nSPS) is 17.8. The third-order valence-corrected chi connectivity index (χ3v) is 4.53. The van der Waals surface area contributed by atoms with Crippen LogP contribution in [0.15, 0.2) is 60.2 Å². The Kier molecular flexibility index (Phi) is 4.61. The second-order valence-electron chi connectivity index (χ2n) is 5.87. The van der Waals surface area contributed by atoms with E-state index in [2.05, 4.69) is 0 Å². The summed E-state index contributed by atoms with van der Waals surface area (Å²) in [5.74, 6) is -0.547. The van der Waals surface area contributed by atoms with Crippen molar-refractivity contribution < 1.29 is 9.59 Å². The van der Waals surface area contributed by atoms with Crippen LogP contribution in [0.25, 0.3) is 6.08 Å².